The van der Waals surface area contributed by atoms with E-state index >= 15 is 0 Å². The molecule has 1 amide bonds. The third kappa shape index (κ3) is 3.60. The highest BCUT2D eigenvalue weighted by molar-refractivity contribution is 5.84. The predicted molar refractivity (Wildman–Crippen MR) is 93.5 cm³/mol. The van der Waals surface area contributed by atoms with Crippen molar-refractivity contribution >= 4 is 16.9 Å². The number of carbonyl (C=O) groups excluding carboxylic acids is 1. The summed E-state index contributed by atoms with van der Waals surface area (Å²) in [6.07, 6.45) is 1.30. The lowest BCUT2D eigenvalue weighted by atomic mass is 9.98. The predicted octanol–water partition coefficient (Wildman–Crippen LogP) is 1.76. The van der Waals surface area contributed by atoms with E-state index in [4.69, 9.17) is 0 Å². The van der Waals surface area contributed by atoms with Crippen molar-refractivity contribution in [2.45, 2.75) is 38.8 Å². The Bertz CT molecular complexity index is 669. The second-order valence-electron chi connectivity index (χ2n) is 6.79. The molecule has 0 saturated carbocycles. The van der Waals surface area contributed by atoms with Gasteiger partial charge in [-0.05, 0) is 25.5 Å². The number of H-pyrrole nitrogens is 1. The molecule has 0 bridgehead atoms. The molecule has 6 nitrogen and oxygen atoms in total. The number of rotatable bonds is 5. The molecular weight excluding hydrogens is 304 g/mol. The molecule has 0 radical (unpaired) electrons. The van der Waals surface area contributed by atoms with Gasteiger partial charge in [0.2, 0.25) is 0 Å². The Balaban J connectivity index is 1.56. The maximum atomic E-state index is 12.4. The Morgan fingerprint density at radius 1 is 1.29 bits per heavy atom. The van der Waals surface area contributed by atoms with Crippen LogP contribution in [0.2, 0.25) is 0 Å². The van der Waals surface area contributed by atoms with Crippen LogP contribution in [0.3, 0.4) is 0 Å². The first-order valence-corrected chi connectivity index (χ1v) is 8.67. The first kappa shape index (κ1) is 16.9. The molecule has 6 heteroatoms. The Morgan fingerprint density at radius 2 is 2.00 bits per heavy atom. The number of nitrogens with zero attached hydrogens (tertiary/aromatic N) is 3. The molecule has 0 aliphatic carbocycles. The van der Waals surface area contributed by atoms with Gasteiger partial charge in [0.05, 0.1) is 17.6 Å². The van der Waals surface area contributed by atoms with Crippen LogP contribution < -0.4 is 0 Å². The highest BCUT2D eigenvalue weighted by Crippen LogP contribution is 2.18. The molecule has 1 aliphatic heterocycles. The molecule has 1 aromatic heterocycles. The molecule has 1 aliphatic rings. The van der Waals surface area contributed by atoms with Crippen molar-refractivity contribution in [3.05, 3.63) is 30.1 Å². The Hall–Kier alpha value is -1.92. The van der Waals surface area contributed by atoms with Crippen LogP contribution in [0.25, 0.3) is 11.0 Å². The zero-order valence-corrected chi connectivity index (χ0v) is 14.5. The molecular formula is C18H26N4O2. The third-order valence-corrected chi connectivity index (χ3v) is 4.67. The number of hydrogen-bond donors (Lipinski definition) is 2. The van der Waals surface area contributed by atoms with E-state index in [1.165, 1.54) is 0 Å². The van der Waals surface area contributed by atoms with E-state index in [-0.39, 0.29) is 5.91 Å². The topological polar surface area (TPSA) is 72.5 Å². The van der Waals surface area contributed by atoms with Crippen molar-refractivity contribution in [2.75, 3.05) is 26.2 Å². The molecule has 2 aromatic rings. The average molecular weight is 330 g/mol. The second kappa shape index (κ2) is 6.91. The van der Waals surface area contributed by atoms with Crippen LogP contribution in [0.1, 0.15) is 32.5 Å². The summed E-state index contributed by atoms with van der Waals surface area (Å²) in [6.45, 7) is 7.25. The minimum Gasteiger partial charge on any atom is -0.380 e. The molecule has 130 valence electrons. The van der Waals surface area contributed by atoms with Gasteiger partial charge in [-0.2, -0.15) is 0 Å². The van der Waals surface area contributed by atoms with Crippen molar-refractivity contribution < 1.29 is 9.90 Å². The van der Waals surface area contributed by atoms with Crippen LogP contribution in [0.4, 0.5) is 0 Å². The molecule has 2 N–H and O–H groups in total. The summed E-state index contributed by atoms with van der Waals surface area (Å²) >= 11 is 0. The van der Waals surface area contributed by atoms with Gasteiger partial charge in [0.15, 0.2) is 0 Å². The van der Waals surface area contributed by atoms with E-state index in [0.717, 1.165) is 42.9 Å². The van der Waals surface area contributed by atoms with Crippen molar-refractivity contribution in [2.24, 2.45) is 0 Å². The van der Waals surface area contributed by atoms with E-state index in [0.29, 0.717) is 19.5 Å². The minimum atomic E-state index is -1.24. The van der Waals surface area contributed by atoms with Gasteiger partial charge in [0.1, 0.15) is 11.4 Å². The molecule has 1 unspecified atom stereocenters. The molecule has 3 rings (SSSR count). The summed E-state index contributed by atoms with van der Waals surface area (Å²) in [5.41, 5.74) is 0.796. The van der Waals surface area contributed by atoms with Gasteiger partial charge in [-0.3, -0.25) is 9.69 Å². The minimum absolute atomic E-state index is 0.146. The van der Waals surface area contributed by atoms with Crippen LogP contribution in [0, 0.1) is 0 Å². The number of aromatic amines is 1. The Morgan fingerprint density at radius 3 is 2.67 bits per heavy atom. The van der Waals surface area contributed by atoms with E-state index in [1.54, 1.807) is 11.8 Å². The summed E-state index contributed by atoms with van der Waals surface area (Å²) in [4.78, 5) is 24.5. The number of carbonyl (C=O) groups is 1. The summed E-state index contributed by atoms with van der Waals surface area (Å²) in [7, 11) is 0. The monoisotopic (exact) mass is 330 g/mol. The fourth-order valence-corrected chi connectivity index (χ4v) is 3.34. The van der Waals surface area contributed by atoms with E-state index < -0.39 is 5.60 Å². The van der Waals surface area contributed by atoms with Gasteiger partial charge in [-0.25, -0.2) is 4.98 Å². The number of piperazine rings is 1. The maximum Gasteiger partial charge on any atom is 0.254 e. The van der Waals surface area contributed by atoms with Crippen molar-refractivity contribution in [3.8, 4) is 0 Å². The lowest BCUT2D eigenvalue weighted by molar-refractivity contribution is -0.152. The summed E-state index contributed by atoms with van der Waals surface area (Å²) in [6, 6.07) is 8.01. The van der Waals surface area contributed by atoms with Crippen LogP contribution in [0.5, 0.6) is 0 Å². The number of amides is 1. The van der Waals surface area contributed by atoms with Gasteiger partial charge >= 0.3 is 0 Å². The quantitative estimate of drug-likeness (QED) is 0.876. The van der Waals surface area contributed by atoms with Gasteiger partial charge in [0, 0.05) is 26.2 Å². The number of hydrogen-bond acceptors (Lipinski definition) is 4. The smallest absolute Gasteiger partial charge is 0.254 e. The third-order valence-electron chi connectivity index (χ3n) is 4.67. The average Bonchev–Trinajstić information content (AvgIpc) is 2.97. The number of aliphatic hydroxyl groups is 1. The maximum absolute atomic E-state index is 12.4. The Kier molecular flexibility index (Phi) is 4.87. The molecule has 1 atom stereocenters. The lowest BCUT2D eigenvalue weighted by Gasteiger charge is -2.37. The van der Waals surface area contributed by atoms with Crippen molar-refractivity contribution in [1.82, 2.24) is 19.8 Å². The van der Waals surface area contributed by atoms with Crippen LogP contribution in [-0.2, 0) is 11.3 Å². The molecule has 1 saturated heterocycles. The van der Waals surface area contributed by atoms with Crippen LogP contribution >= 0.6 is 0 Å². The first-order valence-electron chi connectivity index (χ1n) is 8.67. The van der Waals surface area contributed by atoms with Gasteiger partial charge < -0.3 is 15.0 Å². The fraction of sp³-hybridized carbons (Fsp3) is 0.556. The lowest BCUT2D eigenvalue weighted by Crippen LogP contribution is -2.54. The van der Waals surface area contributed by atoms with E-state index in [2.05, 4.69) is 14.9 Å². The van der Waals surface area contributed by atoms with E-state index in [9.17, 15) is 9.90 Å². The highest BCUT2D eigenvalue weighted by atomic mass is 16.3. The van der Waals surface area contributed by atoms with E-state index in [1.807, 2.05) is 31.2 Å². The summed E-state index contributed by atoms with van der Waals surface area (Å²) < 4.78 is 0. The summed E-state index contributed by atoms with van der Waals surface area (Å²) in [5.74, 6) is 0.807. The zero-order valence-electron chi connectivity index (χ0n) is 14.5. The van der Waals surface area contributed by atoms with Crippen molar-refractivity contribution in [1.29, 1.82) is 0 Å². The highest BCUT2D eigenvalue weighted by Gasteiger charge is 2.34. The molecule has 24 heavy (non-hydrogen) atoms. The Labute approximate surface area is 142 Å². The standard InChI is InChI=1S/C18H26N4O2/c1-3-8-18(2,24)17(23)22-11-9-21(10-12-22)13-16-19-14-6-4-5-7-15(14)20-16/h4-7,24H,3,8-13H2,1-2H3,(H,19,20). The molecule has 1 fully saturated rings. The van der Waals surface area contributed by atoms with Gasteiger partial charge in [-0.1, -0.05) is 25.5 Å². The fourth-order valence-electron chi connectivity index (χ4n) is 3.34. The number of imidazole rings is 1. The number of nitrogens with one attached hydrogen (secondary N) is 1. The second-order valence-corrected chi connectivity index (χ2v) is 6.79. The molecule has 0 spiro atoms. The van der Waals surface area contributed by atoms with Crippen molar-refractivity contribution in [3.63, 3.8) is 0 Å². The SMILES string of the molecule is CCCC(C)(O)C(=O)N1CCN(Cc2nc3ccccc3[nH]2)CC1. The van der Waals surface area contributed by atoms with Gasteiger partial charge in [-0.15, -0.1) is 0 Å². The zero-order chi connectivity index (χ0) is 17.2. The first-order chi connectivity index (χ1) is 11.5. The number of fused-ring (bicyclic) bond motifs is 1. The normalized spacial score (nSPS) is 18.7. The number of benzene rings is 1. The molecule has 1 aromatic carbocycles. The van der Waals surface area contributed by atoms with Gasteiger partial charge in [0.25, 0.3) is 5.91 Å². The number of aromatic nitrogens is 2. The molecule has 2 heterocycles. The van der Waals surface area contributed by atoms with Crippen LogP contribution in [-0.4, -0.2) is 62.6 Å². The van der Waals surface area contributed by atoms with Crippen LogP contribution in [0.15, 0.2) is 24.3 Å². The largest absolute Gasteiger partial charge is 0.380 e. The summed E-state index contributed by atoms with van der Waals surface area (Å²) in [5, 5.41) is 10.3. The number of para-hydroxylation sites is 2.